The molecule has 4 N–H and O–H groups in total. The van der Waals surface area contributed by atoms with Crippen molar-refractivity contribution in [1.82, 2.24) is 0 Å². The number of hydrogen-bond donors (Lipinski definition) is 3. The zero-order valence-corrected chi connectivity index (χ0v) is 11.6. The molecule has 2 rings (SSSR count). The Bertz CT molecular complexity index is 483. The number of hydrogen-bond acceptors (Lipinski definition) is 3. The predicted molar refractivity (Wildman–Crippen MR) is 77.5 cm³/mol. The maximum atomic E-state index is 10.9. The zero-order valence-electron chi connectivity index (χ0n) is 11.6. The number of benzene rings is 1. The van der Waals surface area contributed by atoms with Crippen LogP contribution in [0.4, 0.5) is 11.4 Å². The van der Waals surface area contributed by atoms with Gasteiger partial charge >= 0.3 is 5.97 Å². The lowest BCUT2D eigenvalue weighted by molar-refractivity contribution is 0.0698. The highest BCUT2D eigenvalue weighted by Gasteiger charge is 2.32. The lowest BCUT2D eigenvalue weighted by atomic mass is 9.73. The van der Waals surface area contributed by atoms with Crippen LogP contribution in [0.1, 0.15) is 49.9 Å². The van der Waals surface area contributed by atoms with E-state index in [0.29, 0.717) is 11.7 Å². The van der Waals surface area contributed by atoms with Gasteiger partial charge in [0.2, 0.25) is 0 Å². The number of carboxylic acids is 1. The molecular formula is C15H22N2O2. The van der Waals surface area contributed by atoms with Gasteiger partial charge < -0.3 is 16.2 Å². The minimum Gasteiger partial charge on any atom is -0.478 e. The second kappa shape index (κ2) is 5.11. The van der Waals surface area contributed by atoms with Crippen LogP contribution in [0.15, 0.2) is 18.2 Å². The molecule has 0 spiro atoms. The first-order chi connectivity index (χ1) is 8.90. The Hall–Kier alpha value is -1.71. The molecule has 1 aromatic carbocycles. The first kappa shape index (κ1) is 13.7. The molecule has 4 heteroatoms. The van der Waals surface area contributed by atoms with Crippen molar-refractivity contribution in [2.45, 2.75) is 45.6 Å². The third kappa shape index (κ3) is 3.00. The van der Waals surface area contributed by atoms with Gasteiger partial charge in [-0.05, 0) is 36.5 Å². The van der Waals surface area contributed by atoms with E-state index in [2.05, 4.69) is 19.2 Å². The van der Waals surface area contributed by atoms with E-state index < -0.39 is 5.97 Å². The van der Waals surface area contributed by atoms with Crippen LogP contribution in [0.2, 0.25) is 0 Å². The predicted octanol–water partition coefficient (Wildman–Crippen LogP) is 3.35. The largest absolute Gasteiger partial charge is 0.478 e. The van der Waals surface area contributed by atoms with E-state index in [-0.39, 0.29) is 11.0 Å². The van der Waals surface area contributed by atoms with Gasteiger partial charge in [-0.25, -0.2) is 4.79 Å². The number of carbonyl (C=O) groups is 1. The summed E-state index contributed by atoms with van der Waals surface area (Å²) in [6, 6.07) is 5.49. The first-order valence-electron chi connectivity index (χ1n) is 6.79. The maximum absolute atomic E-state index is 10.9. The molecule has 0 radical (unpaired) electrons. The summed E-state index contributed by atoms with van der Waals surface area (Å²) in [5.74, 6) is -0.984. The summed E-state index contributed by atoms with van der Waals surface area (Å²) < 4.78 is 0. The van der Waals surface area contributed by atoms with Crippen molar-refractivity contribution < 1.29 is 9.90 Å². The second-order valence-electron chi connectivity index (χ2n) is 6.04. The number of nitrogen functional groups attached to an aromatic ring is 1. The maximum Gasteiger partial charge on any atom is 0.337 e. The van der Waals surface area contributed by atoms with Gasteiger partial charge in [-0.3, -0.25) is 0 Å². The van der Waals surface area contributed by atoms with Crippen molar-refractivity contribution in [3.63, 3.8) is 0 Å². The Balaban J connectivity index is 2.15. The summed E-state index contributed by atoms with van der Waals surface area (Å²) in [6.07, 6.45) is 4.88. The minimum absolute atomic E-state index is 0.161. The smallest absolute Gasteiger partial charge is 0.337 e. The lowest BCUT2D eigenvalue weighted by Crippen LogP contribution is -2.38. The number of carboxylic acid groups (broad SMARTS) is 1. The Kier molecular flexibility index (Phi) is 3.69. The Labute approximate surface area is 114 Å². The monoisotopic (exact) mass is 262 g/mol. The van der Waals surface area contributed by atoms with E-state index in [1.54, 1.807) is 18.2 Å². The number of rotatable bonds is 3. The molecule has 1 saturated carbocycles. The summed E-state index contributed by atoms with van der Waals surface area (Å²) in [6.45, 7) is 4.55. The molecule has 0 saturated heterocycles. The van der Waals surface area contributed by atoms with Crippen molar-refractivity contribution in [3.05, 3.63) is 23.8 Å². The third-order valence-electron chi connectivity index (χ3n) is 4.13. The molecule has 1 fully saturated rings. The van der Waals surface area contributed by atoms with Gasteiger partial charge in [0, 0.05) is 17.4 Å². The molecule has 4 nitrogen and oxygen atoms in total. The van der Waals surface area contributed by atoms with Gasteiger partial charge in [-0.2, -0.15) is 0 Å². The third-order valence-corrected chi connectivity index (χ3v) is 4.13. The SMILES string of the molecule is CC1(C)CCCCC1Nc1ccc(C(=O)O)c(N)c1. The Morgan fingerprint density at radius 3 is 2.74 bits per heavy atom. The minimum atomic E-state index is -0.984. The van der Waals surface area contributed by atoms with Gasteiger partial charge in [0.1, 0.15) is 0 Å². The number of nitrogens with two attached hydrogens (primary N) is 1. The number of anilines is 2. The molecule has 0 aliphatic heterocycles. The lowest BCUT2D eigenvalue weighted by Gasteiger charge is -2.39. The number of nitrogens with one attached hydrogen (secondary N) is 1. The fraction of sp³-hybridized carbons (Fsp3) is 0.533. The van der Waals surface area contributed by atoms with Crippen molar-refractivity contribution in [2.75, 3.05) is 11.1 Å². The number of aromatic carboxylic acids is 1. The van der Waals surface area contributed by atoms with E-state index in [1.807, 2.05) is 0 Å². The second-order valence-corrected chi connectivity index (χ2v) is 6.04. The normalized spacial score (nSPS) is 21.9. The molecule has 1 atom stereocenters. The fourth-order valence-electron chi connectivity index (χ4n) is 2.81. The summed E-state index contributed by atoms with van der Waals surface area (Å²) in [5, 5.41) is 12.5. The van der Waals surface area contributed by atoms with Crippen LogP contribution in [0.5, 0.6) is 0 Å². The van der Waals surface area contributed by atoms with Crippen molar-refractivity contribution in [2.24, 2.45) is 5.41 Å². The van der Waals surface area contributed by atoms with Crippen LogP contribution in [-0.4, -0.2) is 17.1 Å². The molecule has 0 heterocycles. The summed E-state index contributed by atoms with van der Waals surface area (Å²) in [7, 11) is 0. The van der Waals surface area contributed by atoms with Gasteiger partial charge in [0.05, 0.1) is 5.56 Å². The summed E-state index contributed by atoms with van der Waals surface area (Å²) in [5.41, 5.74) is 7.41. The van der Waals surface area contributed by atoms with E-state index in [1.165, 1.54) is 19.3 Å². The van der Waals surface area contributed by atoms with Gasteiger partial charge in [-0.15, -0.1) is 0 Å². The van der Waals surface area contributed by atoms with Gasteiger partial charge in [0.25, 0.3) is 0 Å². The molecule has 1 unspecified atom stereocenters. The van der Waals surface area contributed by atoms with E-state index in [4.69, 9.17) is 10.8 Å². The van der Waals surface area contributed by atoms with Crippen LogP contribution < -0.4 is 11.1 Å². The quantitative estimate of drug-likeness (QED) is 0.730. The van der Waals surface area contributed by atoms with Crippen LogP contribution in [0.25, 0.3) is 0 Å². The van der Waals surface area contributed by atoms with Gasteiger partial charge in [0.15, 0.2) is 0 Å². The summed E-state index contributed by atoms with van der Waals surface area (Å²) in [4.78, 5) is 10.9. The van der Waals surface area contributed by atoms with Crippen molar-refractivity contribution in [1.29, 1.82) is 0 Å². The van der Waals surface area contributed by atoms with Crippen molar-refractivity contribution >= 4 is 17.3 Å². The summed E-state index contributed by atoms with van der Waals surface area (Å²) >= 11 is 0. The van der Waals surface area contributed by atoms with E-state index in [9.17, 15) is 4.79 Å². The van der Waals surface area contributed by atoms with E-state index >= 15 is 0 Å². The average molecular weight is 262 g/mol. The van der Waals surface area contributed by atoms with E-state index in [0.717, 1.165) is 12.1 Å². The molecule has 0 amide bonds. The van der Waals surface area contributed by atoms with Crippen LogP contribution in [0.3, 0.4) is 0 Å². The van der Waals surface area contributed by atoms with Crippen LogP contribution in [0, 0.1) is 5.41 Å². The fourth-order valence-corrected chi connectivity index (χ4v) is 2.81. The molecule has 1 aliphatic rings. The molecule has 1 aromatic rings. The van der Waals surface area contributed by atoms with Crippen LogP contribution >= 0.6 is 0 Å². The molecule has 1 aliphatic carbocycles. The highest BCUT2D eigenvalue weighted by molar-refractivity contribution is 5.94. The standard InChI is InChI=1S/C15H22N2O2/c1-15(2)8-4-3-5-13(15)17-10-6-7-11(14(18)19)12(16)9-10/h6-7,9,13,17H,3-5,8,16H2,1-2H3,(H,18,19). The molecular weight excluding hydrogens is 240 g/mol. The van der Waals surface area contributed by atoms with Crippen LogP contribution in [-0.2, 0) is 0 Å². The van der Waals surface area contributed by atoms with Crippen molar-refractivity contribution in [3.8, 4) is 0 Å². The van der Waals surface area contributed by atoms with Gasteiger partial charge in [-0.1, -0.05) is 26.7 Å². The average Bonchev–Trinajstić information content (AvgIpc) is 2.31. The highest BCUT2D eigenvalue weighted by atomic mass is 16.4. The first-order valence-corrected chi connectivity index (χ1v) is 6.79. The molecule has 104 valence electrons. The molecule has 0 bridgehead atoms. The topological polar surface area (TPSA) is 75.3 Å². The Morgan fingerprint density at radius 1 is 1.42 bits per heavy atom. The zero-order chi connectivity index (χ0) is 14.0. The molecule has 19 heavy (non-hydrogen) atoms. The highest BCUT2D eigenvalue weighted by Crippen LogP contribution is 2.37. The Morgan fingerprint density at radius 2 is 2.16 bits per heavy atom. The molecule has 0 aromatic heterocycles.